The van der Waals surface area contributed by atoms with E-state index in [1.54, 1.807) is 26.0 Å². The molecule has 1 amide bonds. The van der Waals surface area contributed by atoms with Gasteiger partial charge in [-0.2, -0.15) is 13.2 Å². The van der Waals surface area contributed by atoms with Gasteiger partial charge in [0.15, 0.2) is 0 Å². The van der Waals surface area contributed by atoms with Crippen LogP contribution in [0.1, 0.15) is 23.1 Å². The summed E-state index contributed by atoms with van der Waals surface area (Å²) >= 11 is 0. The minimum Gasteiger partial charge on any atom is -0.492 e. The van der Waals surface area contributed by atoms with Crippen molar-refractivity contribution in [3.05, 3.63) is 59.2 Å². The first-order valence-corrected chi connectivity index (χ1v) is 10.6. The molecule has 2 aromatic rings. The highest BCUT2D eigenvalue weighted by Gasteiger charge is 2.30. The summed E-state index contributed by atoms with van der Waals surface area (Å²) in [4.78, 5) is 12.0. The topological polar surface area (TPSA) is 84.5 Å². The molecule has 0 aliphatic heterocycles. The zero-order valence-electron chi connectivity index (χ0n) is 16.5. The van der Waals surface area contributed by atoms with Gasteiger partial charge < -0.3 is 10.1 Å². The van der Waals surface area contributed by atoms with Gasteiger partial charge in [0.2, 0.25) is 15.9 Å². The molecule has 0 aromatic heterocycles. The SMILES string of the molecule is Cc1ccc(C)c(S(=O)(=O)NCCC(=O)NCCOc2cccc(C(F)(F)F)c2)c1. The van der Waals surface area contributed by atoms with Crippen molar-refractivity contribution in [2.75, 3.05) is 19.7 Å². The number of carbonyl (C=O) groups excluding carboxylic acids is 1. The highest BCUT2D eigenvalue weighted by molar-refractivity contribution is 7.89. The molecule has 30 heavy (non-hydrogen) atoms. The summed E-state index contributed by atoms with van der Waals surface area (Å²) in [6.07, 6.45) is -4.55. The number of ether oxygens (including phenoxy) is 1. The van der Waals surface area contributed by atoms with Gasteiger partial charge in [0.25, 0.3) is 0 Å². The highest BCUT2D eigenvalue weighted by atomic mass is 32.2. The number of nitrogens with one attached hydrogen (secondary N) is 2. The standard InChI is InChI=1S/C20H23F3N2O4S/c1-14-6-7-15(2)18(12-14)30(27,28)25-9-8-19(26)24-10-11-29-17-5-3-4-16(13-17)20(21,22)23/h3-7,12-13,25H,8-11H2,1-2H3,(H,24,26). The molecule has 164 valence electrons. The molecule has 0 saturated heterocycles. The van der Waals surface area contributed by atoms with E-state index in [1.165, 1.54) is 12.1 Å². The molecule has 2 aromatic carbocycles. The average Bonchev–Trinajstić information content (AvgIpc) is 2.66. The molecule has 0 unspecified atom stereocenters. The first kappa shape index (κ1) is 23.7. The van der Waals surface area contributed by atoms with Crippen molar-refractivity contribution in [3.63, 3.8) is 0 Å². The summed E-state index contributed by atoms with van der Waals surface area (Å²) in [7, 11) is -3.73. The fraction of sp³-hybridized carbons (Fsp3) is 0.350. The summed E-state index contributed by atoms with van der Waals surface area (Å²) < 4.78 is 70.3. The van der Waals surface area contributed by atoms with Gasteiger partial charge in [0.1, 0.15) is 12.4 Å². The van der Waals surface area contributed by atoms with Crippen molar-refractivity contribution in [2.45, 2.75) is 31.3 Å². The lowest BCUT2D eigenvalue weighted by Crippen LogP contribution is -2.33. The van der Waals surface area contributed by atoms with Gasteiger partial charge >= 0.3 is 6.18 Å². The van der Waals surface area contributed by atoms with Crippen LogP contribution in [-0.2, 0) is 21.0 Å². The van der Waals surface area contributed by atoms with Gasteiger partial charge in [-0.15, -0.1) is 0 Å². The molecule has 0 radical (unpaired) electrons. The van der Waals surface area contributed by atoms with Crippen molar-refractivity contribution in [2.24, 2.45) is 0 Å². The predicted octanol–water partition coefficient (Wildman–Crippen LogP) is 3.19. The Bertz CT molecular complexity index is 992. The molecule has 0 saturated carbocycles. The van der Waals surface area contributed by atoms with E-state index in [1.807, 2.05) is 6.07 Å². The predicted molar refractivity (Wildman–Crippen MR) is 106 cm³/mol. The first-order chi connectivity index (χ1) is 14.0. The Balaban J connectivity index is 1.74. The van der Waals surface area contributed by atoms with Crippen molar-refractivity contribution in [1.82, 2.24) is 10.0 Å². The third-order valence-corrected chi connectivity index (χ3v) is 5.73. The lowest BCUT2D eigenvalue weighted by molar-refractivity contribution is -0.137. The number of hydrogen-bond donors (Lipinski definition) is 2. The van der Waals surface area contributed by atoms with Crippen LogP contribution in [0.4, 0.5) is 13.2 Å². The third kappa shape index (κ3) is 7.03. The number of hydrogen-bond acceptors (Lipinski definition) is 4. The molecule has 0 spiro atoms. The molecule has 2 N–H and O–H groups in total. The van der Waals surface area contributed by atoms with Crippen LogP contribution in [0.25, 0.3) is 0 Å². The average molecular weight is 444 g/mol. The summed E-state index contributed by atoms with van der Waals surface area (Å²) in [6, 6.07) is 9.52. The number of alkyl halides is 3. The van der Waals surface area contributed by atoms with E-state index in [0.29, 0.717) is 5.56 Å². The second-order valence-corrected chi connectivity index (χ2v) is 8.38. The van der Waals surface area contributed by atoms with Crippen molar-refractivity contribution >= 4 is 15.9 Å². The third-order valence-electron chi connectivity index (χ3n) is 4.13. The number of halogens is 3. The van der Waals surface area contributed by atoms with Crippen molar-refractivity contribution < 1.29 is 31.1 Å². The Morgan fingerprint density at radius 2 is 1.80 bits per heavy atom. The van der Waals surface area contributed by atoms with Gasteiger partial charge in [-0.3, -0.25) is 4.79 Å². The molecule has 0 heterocycles. The minimum absolute atomic E-state index is 0.0265. The lowest BCUT2D eigenvalue weighted by Gasteiger charge is -2.11. The molecule has 2 rings (SSSR count). The van der Waals surface area contributed by atoms with Gasteiger partial charge in [0, 0.05) is 13.0 Å². The smallest absolute Gasteiger partial charge is 0.416 e. The summed E-state index contributed by atoms with van der Waals surface area (Å²) in [5.41, 5.74) is 0.587. The van der Waals surface area contributed by atoms with Gasteiger partial charge in [-0.1, -0.05) is 18.2 Å². The zero-order chi connectivity index (χ0) is 22.4. The summed E-state index contributed by atoms with van der Waals surface area (Å²) in [5.74, 6) is -0.369. The Labute approximate surface area is 173 Å². The largest absolute Gasteiger partial charge is 0.492 e. The van der Waals surface area contributed by atoms with Gasteiger partial charge in [-0.05, 0) is 49.2 Å². The molecule has 6 nitrogen and oxygen atoms in total. The van der Waals surface area contributed by atoms with Crippen LogP contribution < -0.4 is 14.8 Å². The summed E-state index contributed by atoms with van der Waals surface area (Å²) in [5, 5.41) is 2.52. The Kier molecular flexibility index (Phi) is 7.85. The van der Waals surface area contributed by atoms with Crippen molar-refractivity contribution in [3.8, 4) is 5.75 Å². The Morgan fingerprint density at radius 3 is 2.50 bits per heavy atom. The Hall–Kier alpha value is -2.59. The fourth-order valence-corrected chi connectivity index (χ4v) is 3.94. The van der Waals surface area contributed by atoms with Gasteiger partial charge in [-0.25, -0.2) is 13.1 Å². The minimum atomic E-state index is -4.46. The number of benzene rings is 2. The molecule has 0 fully saturated rings. The molecular formula is C20H23F3N2O4S. The van der Waals surface area contributed by atoms with E-state index >= 15 is 0 Å². The van der Waals surface area contributed by atoms with Crippen LogP contribution in [-0.4, -0.2) is 34.0 Å². The molecule has 0 aliphatic rings. The number of rotatable bonds is 9. The second kappa shape index (κ2) is 9.94. The van der Waals surface area contributed by atoms with Crippen LogP contribution in [0.3, 0.4) is 0 Å². The quantitative estimate of drug-likeness (QED) is 0.582. The maximum absolute atomic E-state index is 12.7. The van der Waals surface area contributed by atoms with Crippen LogP contribution in [0.2, 0.25) is 0 Å². The van der Waals surface area contributed by atoms with Crippen LogP contribution in [0.15, 0.2) is 47.4 Å². The normalized spacial score (nSPS) is 11.9. The second-order valence-electron chi connectivity index (χ2n) is 6.64. The van der Waals surface area contributed by atoms with Crippen LogP contribution >= 0.6 is 0 Å². The fourth-order valence-electron chi connectivity index (χ4n) is 2.58. The first-order valence-electron chi connectivity index (χ1n) is 9.13. The van der Waals surface area contributed by atoms with E-state index in [4.69, 9.17) is 4.74 Å². The monoisotopic (exact) mass is 444 g/mol. The number of amides is 1. The van der Waals surface area contributed by atoms with E-state index in [-0.39, 0.29) is 36.8 Å². The maximum atomic E-state index is 12.7. The molecule has 0 bridgehead atoms. The molecule has 0 aliphatic carbocycles. The zero-order valence-corrected chi connectivity index (χ0v) is 17.4. The van der Waals surface area contributed by atoms with Gasteiger partial charge in [0.05, 0.1) is 17.0 Å². The number of sulfonamides is 1. The Morgan fingerprint density at radius 1 is 1.07 bits per heavy atom. The molecule has 0 atom stereocenters. The maximum Gasteiger partial charge on any atom is 0.416 e. The van der Waals surface area contributed by atoms with E-state index < -0.39 is 27.7 Å². The number of carbonyl (C=O) groups is 1. The lowest BCUT2D eigenvalue weighted by atomic mass is 10.2. The molecular weight excluding hydrogens is 421 g/mol. The molecule has 10 heteroatoms. The van der Waals surface area contributed by atoms with Crippen LogP contribution in [0, 0.1) is 13.8 Å². The van der Waals surface area contributed by atoms with E-state index in [9.17, 15) is 26.4 Å². The highest BCUT2D eigenvalue weighted by Crippen LogP contribution is 2.31. The van der Waals surface area contributed by atoms with Crippen molar-refractivity contribution in [1.29, 1.82) is 0 Å². The summed E-state index contributed by atoms with van der Waals surface area (Å²) in [6.45, 7) is 3.43. The van der Waals surface area contributed by atoms with E-state index in [0.717, 1.165) is 17.7 Å². The van der Waals surface area contributed by atoms with Crippen LogP contribution in [0.5, 0.6) is 5.75 Å². The van der Waals surface area contributed by atoms with E-state index in [2.05, 4.69) is 10.0 Å². The number of aryl methyl sites for hydroxylation is 2.